The van der Waals surface area contributed by atoms with Crippen molar-refractivity contribution >= 4 is 23.2 Å². The summed E-state index contributed by atoms with van der Waals surface area (Å²) < 4.78 is 16.3. The predicted molar refractivity (Wildman–Crippen MR) is 143 cm³/mol. The van der Waals surface area contributed by atoms with Gasteiger partial charge in [-0.1, -0.05) is 30.3 Å². The molecule has 196 valence electrons. The Balaban J connectivity index is 1.41. The van der Waals surface area contributed by atoms with Gasteiger partial charge in [-0.3, -0.25) is 9.59 Å². The van der Waals surface area contributed by atoms with Crippen molar-refractivity contribution in [3.8, 4) is 17.2 Å². The monoisotopic (exact) mass is 523 g/mol. The maximum Gasteiger partial charge on any atom is 0.273 e. The van der Waals surface area contributed by atoms with Gasteiger partial charge < -0.3 is 24.0 Å². The molecule has 1 aliphatic heterocycles. The number of amides is 2. The van der Waals surface area contributed by atoms with Gasteiger partial charge in [0.15, 0.2) is 11.5 Å². The molecule has 8 nitrogen and oxygen atoms in total. The molecule has 1 atom stereocenters. The minimum atomic E-state index is -0.109. The summed E-state index contributed by atoms with van der Waals surface area (Å²) in [5.74, 6) is 1.28. The number of thiazole rings is 1. The second-order valence-corrected chi connectivity index (χ2v) is 9.91. The molecule has 0 N–H and O–H groups in total. The van der Waals surface area contributed by atoms with Gasteiger partial charge >= 0.3 is 0 Å². The molecule has 0 aliphatic carbocycles. The zero-order valence-electron chi connectivity index (χ0n) is 21.9. The summed E-state index contributed by atoms with van der Waals surface area (Å²) in [7, 11) is 6.39. The quantitative estimate of drug-likeness (QED) is 0.412. The molecule has 4 rings (SSSR count). The van der Waals surface area contributed by atoms with Gasteiger partial charge in [-0.15, -0.1) is 11.3 Å². The predicted octanol–water partition coefficient (Wildman–Crippen LogP) is 5.02. The summed E-state index contributed by atoms with van der Waals surface area (Å²) >= 11 is 1.52. The number of hydrogen-bond acceptors (Lipinski definition) is 7. The van der Waals surface area contributed by atoms with Crippen LogP contribution < -0.4 is 14.2 Å². The lowest BCUT2D eigenvalue weighted by Crippen LogP contribution is -2.38. The fraction of sp³-hybridized carbons (Fsp3) is 0.393. The topological polar surface area (TPSA) is 81.2 Å². The molecule has 0 saturated carbocycles. The molecule has 2 aromatic carbocycles. The fourth-order valence-corrected chi connectivity index (χ4v) is 5.62. The molecule has 2 amide bonds. The van der Waals surface area contributed by atoms with Crippen molar-refractivity contribution in [2.24, 2.45) is 0 Å². The minimum Gasteiger partial charge on any atom is -0.493 e. The zero-order chi connectivity index (χ0) is 26.5. The molecule has 1 aliphatic rings. The summed E-state index contributed by atoms with van der Waals surface area (Å²) in [5.41, 5.74) is 1.99. The van der Waals surface area contributed by atoms with E-state index in [9.17, 15) is 9.59 Å². The van der Waals surface area contributed by atoms with Gasteiger partial charge in [0.05, 0.1) is 37.9 Å². The number of piperidine rings is 1. The van der Waals surface area contributed by atoms with Gasteiger partial charge in [0.1, 0.15) is 5.69 Å². The fourth-order valence-electron chi connectivity index (χ4n) is 4.65. The highest BCUT2D eigenvalue weighted by atomic mass is 32.1. The third-order valence-electron chi connectivity index (χ3n) is 6.99. The average molecular weight is 524 g/mol. The number of methoxy groups -OCH3 is 3. The Morgan fingerprint density at radius 2 is 1.68 bits per heavy atom. The molecular weight excluding hydrogens is 490 g/mol. The Bertz CT molecular complexity index is 1240. The van der Waals surface area contributed by atoms with E-state index in [0.717, 1.165) is 23.4 Å². The van der Waals surface area contributed by atoms with Crippen LogP contribution in [0.1, 0.15) is 63.1 Å². The van der Waals surface area contributed by atoms with Gasteiger partial charge in [-0.05, 0) is 37.5 Å². The number of carbonyl (C=O) groups excluding carboxylic acids is 2. The van der Waals surface area contributed by atoms with E-state index in [1.807, 2.05) is 54.6 Å². The maximum absolute atomic E-state index is 13.3. The van der Waals surface area contributed by atoms with Gasteiger partial charge in [-0.25, -0.2) is 4.98 Å². The molecular formula is C28H33N3O5S. The number of nitrogens with zero attached hydrogens (tertiary/aromatic N) is 3. The molecule has 0 bridgehead atoms. The van der Waals surface area contributed by atoms with Crippen LogP contribution >= 0.6 is 11.3 Å². The first-order valence-corrected chi connectivity index (χ1v) is 13.1. The normalized spacial score (nSPS) is 14.7. The molecule has 3 aromatic rings. The first-order valence-electron chi connectivity index (χ1n) is 12.2. The van der Waals surface area contributed by atoms with E-state index in [4.69, 9.17) is 19.2 Å². The third kappa shape index (κ3) is 5.41. The van der Waals surface area contributed by atoms with Crippen molar-refractivity contribution in [3.63, 3.8) is 0 Å². The largest absolute Gasteiger partial charge is 0.493 e. The Hall–Kier alpha value is -3.59. The maximum atomic E-state index is 13.3. The van der Waals surface area contributed by atoms with E-state index in [0.29, 0.717) is 41.6 Å². The van der Waals surface area contributed by atoms with Crippen LogP contribution in [-0.4, -0.2) is 68.1 Å². The number of ether oxygens (including phenoxy) is 3. The highest BCUT2D eigenvalue weighted by molar-refractivity contribution is 7.09. The van der Waals surface area contributed by atoms with Crippen LogP contribution in [0.5, 0.6) is 17.2 Å². The number of carbonyl (C=O) groups is 2. The van der Waals surface area contributed by atoms with Crippen LogP contribution in [-0.2, 0) is 0 Å². The SMILES string of the molecule is COc1ccc(C(=O)N2CCC(c3nc(C(=O)N(C)C(C)c4ccccc4)cs3)CC2)c(OC)c1OC. The summed E-state index contributed by atoms with van der Waals surface area (Å²) in [6.45, 7) is 3.20. The van der Waals surface area contributed by atoms with E-state index in [1.54, 1.807) is 24.1 Å². The molecule has 1 aromatic heterocycles. The van der Waals surface area contributed by atoms with Crippen LogP contribution in [0.2, 0.25) is 0 Å². The van der Waals surface area contributed by atoms with Crippen molar-refractivity contribution in [1.82, 2.24) is 14.8 Å². The molecule has 1 unspecified atom stereocenters. The Labute approximate surface area is 221 Å². The zero-order valence-corrected chi connectivity index (χ0v) is 22.7. The van der Waals surface area contributed by atoms with E-state index >= 15 is 0 Å². The number of likely N-dealkylation sites (tertiary alicyclic amines) is 1. The highest BCUT2D eigenvalue weighted by Crippen LogP contribution is 2.41. The van der Waals surface area contributed by atoms with E-state index in [1.165, 1.54) is 25.6 Å². The Morgan fingerprint density at radius 3 is 2.30 bits per heavy atom. The highest BCUT2D eigenvalue weighted by Gasteiger charge is 2.30. The molecule has 2 heterocycles. The summed E-state index contributed by atoms with van der Waals surface area (Å²) in [6.07, 6.45) is 1.55. The van der Waals surface area contributed by atoms with Crippen LogP contribution in [0.3, 0.4) is 0 Å². The summed E-state index contributed by atoms with van der Waals surface area (Å²) in [4.78, 5) is 34.7. The van der Waals surface area contributed by atoms with Crippen molar-refractivity contribution in [2.75, 3.05) is 41.5 Å². The van der Waals surface area contributed by atoms with Gasteiger partial charge in [0.25, 0.3) is 11.8 Å². The van der Waals surface area contributed by atoms with E-state index < -0.39 is 0 Å². The van der Waals surface area contributed by atoms with Crippen LogP contribution in [0.15, 0.2) is 47.8 Å². The van der Waals surface area contributed by atoms with E-state index in [2.05, 4.69) is 0 Å². The average Bonchev–Trinajstić information content (AvgIpc) is 3.45. The van der Waals surface area contributed by atoms with Gasteiger partial charge in [0.2, 0.25) is 5.75 Å². The number of hydrogen-bond donors (Lipinski definition) is 0. The van der Waals surface area contributed by atoms with Crippen LogP contribution in [0, 0.1) is 0 Å². The molecule has 0 spiro atoms. The van der Waals surface area contributed by atoms with Crippen LogP contribution in [0.4, 0.5) is 0 Å². The lowest BCUT2D eigenvalue weighted by molar-refractivity contribution is 0.0708. The first kappa shape index (κ1) is 26.5. The van der Waals surface area contributed by atoms with Crippen molar-refractivity contribution < 1.29 is 23.8 Å². The summed E-state index contributed by atoms with van der Waals surface area (Å²) in [5, 5.41) is 2.79. The molecule has 9 heteroatoms. The molecule has 1 fully saturated rings. The summed E-state index contributed by atoms with van der Waals surface area (Å²) in [6, 6.07) is 13.3. The smallest absolute Gasteiger partial charge is 0.273 e. The molecule has 37 heavy (non-hydrogen) atoms. The Morgan fingerprint density at radius 1 is 1.00 bits per heavy atom. The van der Waals surface area contributed by atoms with Crippen LogP contribution in [0.25, 0.3) is 0 Å². The number of aromatic nitrogens is 1. The molecule has 0 radical (unpaired) electrons. The number of rotatable bonds is 8. The minimum absolute atomic E-state index is 0.0540. The van der Waals surface area contributed by atoms with Gasteiger partial charge in [0, 0.05) is 31.4 Å². The first-order chi connectivity index (χ1) is 17.9. The lowest BCUT2D eigenvalue weighted by Gasteiger charge is -2.31. The number of benzene rings is 2. The second-order valence-electron chi connectivity index (χ2n) is 9.02. The van der Waals surface area contributed by atoms with Crippen molar-refractivity contribution in [2.45, 2.75) is 31.7 Å². The van der Waals surface area contributed by atoms with E-state index in [-0.39, 0.29) is 23.8 Å². The third-order valence-corrected chi connectivity index (χ3v) is 8.00. The van der Waals surface area contributed by atoms with Gasteiger partial charge in [-0.2, -0.15) is 0 Å². The Kier molecular flexibility index (Phi) is 8.33. The second kappa shape index (κ2) is 11.6. The van der Waals surface area contributed by atoms with Crippen molar-refractivity contribution in [3.05, 3.63) is 69.7 Å². The standard InChI is InChI=1S/C28H33N3O5S/c1-18(19-9-7-6-8-10-19)30(2)28(33)22-17-37-26(29-22)20-13-15-31(16-14-20)27(32)21-11-12-23(34-3)25(36-5)24(21)35-4/h6-12,17-18,20H,13-16H2,1-5H3. The van der Waals surface area contributed by atoms with Crippen molar-refractivity contribution in [1.29, 1.82) is 0 Å². The lowest BCUT2D eigenvalue weighted by atomic mass is 9.96. The molecule has 1 saturated heterocycles.